The van der Waals surface area contributed by atoms with Crippen LogP contribution >= 0.6 is 11.6 Å². The summed E-state index contributed by atoms with van der Waals surface area (Å²) in [4.78, 5) is 3.63. The summed E-state index contributed by atoms with van der Waals surface area (Å²) < 4.78 is 42.7. The molecule has 0 aromatic carbocycles. The minimum absolute atomic E-state index is 0.0436. The molecule has 1 aromatic heterocycles. The van der Waals surface area contributed by atoms with Gasteiger partial charge in [0, 0.05) is 12.2 Å². The van der Waals surface area contributed by atoms with Crippen LogP contribution in [-0.4, -0.2) is 24.2 Å². The predicted molar refractivity (Wildman–Crippen MR) is 65.4 cm³/mol. The fraction of sp³-hybridized carbons (Fsp3) is 0.583. The number of aromatic nitrogens is 1. The fourth-order valence-electron chi connectivity index (χ4n) is 1.93. The first kappa shape index (κ1) is 14.4. The van der Waals surface area contributed by atoms with Gasteiger partial charge >= 0.3 is 6.18 Å². The fourth-order valence-corrected chi connectivity index (χ4v) is 2.15. The average molecular weight is 295 g/mol. The largest absolute Gasteiger partial charge is 0.475 e. The molecule has 1 fully saturated rings. The van der Waals surface area contributed by atoms with Crippen molar-refractivity contribution in [1.29, 1.82) is 0 Å². The SMILES string of the molecule is FC(F)(F)c1cnc(OC[C@@H]2CCCCN2)c(Cl)c1. The molecule has 0 spiro atoms. The van der Waals surface area contributed by atoms with Crippen molar-refractivity contribution in [3.63, 3.8) is 0 Å². The molecule has 2 rings (SSSR count). The van der Waals surface area contributed by atoms with E-state index in [0.29, 0.717) is 6.61 Å². The molecule has 19 heavy (non-hydrogen) atoms. The van der Waals surface area contributed by atoms with Gasteiger partial charge in [0.2, 0.25) is 5.88 Å². The minimum atomic E-state index is -4.44. The van der Waals surface area contributed by atoms with E-state index in [1.807, 2.05) is 0 Å². The molecule has 0 saturated carbocycles. The Morgan fingerprint density at radius 2 is 2.21 bits per heavy atom. The summed E-state index contributed by atoms with van der Waals surface area (Å²) in [6, 6.07) is 1.03. The molecule has 106 valence electrons. The highest BCUT2D eigenvalue weighted by Crippen LogP contribution is 2.33. The Morgan fingerprint density at radius 1 is 1.42 bits per heavy atom. The number of hydrogen-bond donors (Lipinski definition) is 1. The molecule has 7 heteroatoms. The van der Waals surface area contributed by atoms with Gasteiger partial charge in [-0.2, -0.15) is 13.2 Å². The van der Waals surface area contributed by atoms with E-state index in [1.165, 1.54) is 0 Å². The molecule has 0 bridgehead atoms. The quantitative estimate of drug-likeness (QED) is 0.929. The van der Waals surface area contributed by atoms with E-state index in [1.54, 1.807) is 0 Å². The first-order valence-electron chi connectivity index (χ1n) is 6.06. The number of piperidine rings is 1. The number of halogens is 4. The number of rotatable bonds is 3. The van der Waals surface area contributed by atoms with E-state index in [0.717, 1.165) is 38.1 Å². The van der Waals surface area contributed by atoms with Gasteiger partial charge in [0.15, 0.2) is 0 Å². The molecular formula is C12H14ClF3N2O. The van der Waals surface area contributed by atoms with Crippen LogP contribution in [0.25, 0.3) is 0 Å². The molecule has 0 amide bonds. The Morgan fingerprint density at radius 3 is 2.79 bits per heavy atom. The number of ether oxygens (including phenoxy) is 1. The molecule has 1 saturated heterocycles. The van der Waals surface area contributed by atoms with Gasteiger partial charge < -0.3 is 10.1 Å². The topological polar surface area (TPSA) is 34.1 Å². The van der Waals surface area contributed by atoms with Gasteiger partial charge in [0.1, 0.15) is 11.6 Å². The summed E-state index contributed by atoms with van der Waals surface area (Å²) in [5.41, 5.74) is -0.874. The van der Waals surface area contributed by atoms with Crippen LogP contribution in [0.2, 0.25) is 5.02 Å². The van der Waals surface area contributed by atoms with Crippen molar-refractivity contribution in [3.05, 3.63) is 22.8 Å². The second-order valence-electron chi connectivity index (χ2n) is 4.47. The van der Waals surface area contributed by atoms with E-state index >= 15 is 0 Å². The van der Waals surface area contributed by atoms with Crippen LogP contribution in [0.3, 0.4) is 0 Å². The van der Waals surface area contributed by atoms with E-state index in [-0.39, 0.29) is 16.9 Å². The maximum Gasteiger partial charge on any atom is 0.417 e. The van der Waals surface area contributed by atoms with Crippen molar-refractivity contribution < 1.29 is 17.9 Å². The van der Waals surface area contributed by atoms with Gasteiger partial charge in [-0.05, 0) is 25.5 Å². The molecule has 0 unspecified atom stereocenters. The highest BCUT2D eigenvalue weighted by atomic mass is 35.5. The predicted octanol–water partition coefficient (Wildman–Crippen LogP) is 3.27. The summed E-state index contributed by atoms with van der Waals surface area (Å²) in [6.07, 6.45) is -0.473. The van der Waals surface area contributed by atoms with E-state index in [2.05, 4.69) is 10.3 Å². The van der Waals surface area contributed by atoms with Crippen LogP contribution in [0.5, 0.6) is 5.88 Å². The molecule has 1 aromatic rings. The highest BCUT2D eigenvalue weighted by molar-refractivity contribution is 6.31. The van der Waals surface area contributed by atoms with Crippen molar-refractivity contribution in [1.82, 2.24) is 10.3 Å². The minimum Gasteiger partial charge on any atom is -0.475 e. The number of hydrogen-bond acceptors (Lipinski definition) is 3. The summed E-state index contributed by atoms with van der Waals surface area (Å²) in [7, 11) is 0. The standard InChI is InChI=1S/C12H14ClF3N2O/c13-10-5-8(12(14,15)16)6-18-11(10)19-7-9-3-1-2-4-17-9/h5-6,9,17H,1-4,7H2/t9-/m0/s1. The molecule has 2 heterocycles. The number of pyridine rings is 1. The third kappa shape index (κ3) is 3.98. The molecule has 1 aliphatic rings. The van der Waals surface area contributed by atoms with Gasteiger partial charge in [-0.25, -0.2) is 4.98 Å². The highest BCUT2D eigenvalue weighted by Gasteiger charge is 2.31. The second kappa shape index (κ2) is 5.96. The van der Waals surface area contributed by atoms with Gasteiger partial charge in [-0.3, -0.25) is 0 Å². The van der Waals surface area contributed by atoms with Crippen molar-refractivity contribution in [2.75, 3.05) is 13.2 Å². The Hall–Kier alpha value is -1.01. The maximum absolute atomic E-state index is 12.4. The number of alkyl halides is 3. The van der Waals surface area contributed by atoms with E-state index < -0.39 is 11.7 Å². The molecule has 1 atom stereocenters. The molecule has 1 N–H and O–H groups in total. The smallest absolute Gasteiger partial charge is 0.417 e. The van der Waals surface area contributed by atoms with Gasteiger partial charge in [0.25, 0.3) is 0 Å². The zero-order valence-corrected chi connectivity index (χ0v) is 10.9. The Bertz CT molecular complexity index is 433. The van der Waals surface area contributed by atoms with Crippen LogP contribution in [0.15, 0.2) is 12.3 Å². The lowest BCUT2D eigenvalue weighted by Gasteiger charge is -2.23. The first-order chi connectivity index (χ1) is 8.97. The summed E-state index contributed by atoms with van der Waals surface area (Å²) in [5, 5.41) is 3.15. The van der Waals surface area contributed by atoms with Crippen LogP contribution in [0, 0.1) is 0 Å². The van der Waals surface area contributed by atoms with Gasteiger partial charge in [-0.1, -0.05) is 18.0 Å². The van der Waals surface area contributed by atoms with Crippen LogP contribution in [-0.2, 0) is 6.18 Å². The van der Waals surface area contributed by atoms with Crippen LogP contribution in [0.4, 0.5) is 13.2 Å². The normalized spacial score (nSPS) is 20.3. The summed E-state index contributed by atoms with van der Waals surface area (Å²) in [6.45, 7) is 1.29. The summed E-state index contributed by atoms with van der Waals surface area (Å²) >= 11 is 5.75. The van der Waals surface area contributed by atoms with E-state index in [4.69, 9.17) is 16.3 Å². The molecule has 0 aliphatic carbocycles. The van der Waals surface area contributed by atoms with Gasteiger partial charge in [0.05, 0.1) is 5.56 Å². The van der Waals surface area contributed by atoms with E-state index in [9.17, 15) is 13.2 Å². The Balaban J connectivity index is 1.97. The van der Waals surface area contributed by atoms with Gasteiger partial charge in [-0.15, -0.1) is 0 Å². The third-order valence-corrected chi connectivity index (χ3v) is 3.24. The summed E-state index contributed by atoms with van der Waals surface area (Å²) in [5.74, 6) is 0.0436. The zero-order chi connectivity index (χ0) is 13.9. The Labute approximate surface area is 114 Å². The van der Waals surface area contributed by atoms with Crippen LogP contribution in [0.1, 0.15) is 24.8 Å². The van der Waals surface area contributed by atoms with Crippen LogP contribution < -0.4 is 10.1 Å². The zero-order valence-electron chi connectivity index (χ0n) is 10.1. The molecule has 3 nitrogen and oxygen atoms in total. The molecular weight excluding hydrogens is 281 g/mol. The molecule has 0 radical (unpaired) electrons. The average Bonchev–Trinajstić information content (AvgIpc) is 2.37. The lowest BCUT2D eigenvalue weighted by atomic mass is 10.1. The Kier molecular flexibility index (Phi) is 4.52. The van der Waals surface area contributed by atoms with Crippen molar-refractivity contribution in [3.8, 4) is 5.88 Å². The maximum atomic E-state index is 12.4. The monoisotopic (exact) mass is 294 g/mol. The van der Waals surface area contributed by atoms with Crippen molar-refractivity contribution >= 4 is 11.6 Å². The lowest BCUT2D eigenvalue weighted by molar-refractivity contribution is -0.137. The number of nitrogens with zero attached hydrogens (tertiary/aromatic N) is 1. The van der Waals surface area contributed by atoms with Crippen molar-refractivity contribution in [2.24, 2.45) is 0 Å². The lowest BCUT2D eigenvalue weighted by Crippen LogP contribution is -2.38. The first-order valence-corrected chi connectivity index (χ1v) is 6.43. The second-order valence-corrected chi connectivity index (χ2v) is 4.87. The number of nitrogens with one attached hydrogen (secondary N) is 1. The van der Waals surface area contributed by atoms with Crippen molar-refractivity contribution in [2.45, 2.75) is 31.5 Å². The molecule has 1 aliphatic heterocycles. The third-order valence-electron chi connectivity index (χ3n) is 2.97.